The zero-order valence-corrected chi connectivity index (χ0v) is 16.1. The third-order valence-electron chi connectivity index (χ3n) is 4.26. The van der Waals surface area contributed by atoms with Crippen molar-refractivity contribution in [3.05, 3.63) is 101 Å². The number of para-hydroxylation sites is 1. The van der Waals surface area contributed by atoms with Crippen molar-refractivity contribution in [2.75, 3.05) is 0 Å². The van der Waals surface area contributed by atoms with Crippen LogP contribution < -0.4 is 0 Å². The molecule has 0 aliphatic carbocycles. The number of hydrogen-bond donors (Lipinski definition) is 0. The highest BCUT2D eigenvalue weighted by molar-refractivity contribution is 9.10. The first-order valence-corrected chi connectivity index (χ1v) is 10.1. The Morgan fingerprint density at radius 1 is 0.760 bits per heavy atom. The van der Waals surface area contributed by atoms with Gasteiger partial charge in [0, 0.05) is 38.8 Å². The molecule has 3 heteroatoms. The Balaban J connectivity index is 1.63. The van der Waals surface area contributed by atoms with Crippen LogP contribution in [0.15, 0.2) is 94.4 Å². The van der Waals surface area contributed by atoms with Crippen LogP contribution in [0.3, 0.4) is 0 Å². The minimum absolute atomic E-state index is 0.889. The Hall–Kier alpha value is -1.97. The average molecular weight is 408 g/mol. The van der Waals surface area contributed by atoms with Crippen LogP contribution in [0, 0.1) is 0 Å². The molecule has 0 unspecified atom stereocenters. The first-order valence-electron chi connectivity index (χ1n) is 8.28. The molecule has 1 nitrogen and oxygen atoms in total. The van der Waals surface area contributed by atoms with Crippen LogP contribution in [-0.2, 0) is 12.3 Å². The van der Waals surface area contributed by atoms with Crippen LogP contribution >= 0.6 is 27.7 Å². The number of aromatic nitrogens is 1. The van der Waals surface area contributed by atoms with Gasteiger partial charge in [0.25, 0.3) is 0 Å². The first-order chi connectivity index (χ1) is 12.3. The quantitative estimate of drug-likeness (QED) is 0.331. The molecule has 0 aliphatic rings. The number of rotatable bonds is 5. The van der Waals surface area contributed by atoms with Gasteiger partial charge in [-0.2, -0.15) is 0 Å². The summed E-state index contributed by atoms with van der Waals surface area (Å²) in [5.74, 6) is 0.993. The van der Waals surface area contributed by atoms with Gasteiger partial charge in [0.2, 0.25) is 0 Å². The molecule has 1 aromatic heterocycles. The Morgan fingerprint density at radius 2 is 1.48 bits per heavy atom. The van der Waals surface area contributed by atoms with Crippen LogP contribution in [-0.4, -0.2) is 4.57 Å². The van der Waals surface area contributed by atoms with E-state index in [9.17, 15) is 0 Å². The largest absolute Gasteiger partial charge is 0.342 e. The Kier molecular flexibility index (Phi) is 4.95. The average Bonchev–Trinajstić information content (AvgIpc) is 3.01. The lowest BCUT2D eigenvalue weighted by atomic mass is 10.2. The number of thioether (sulfide) groups is 1. The number of fused-ring (bicyclic) bond motifs is 1. The maximum atomic E-state index is 3.51. The van der Waals surface area contributed by atoms with E-state index in [1.807, 2.05) is 11.8 Å². The predicted molar refractivity (Wildman–Crippen MR) is 111 cm³/mol. The highest BCUT2D eigenvalue weighted by Crippen LogP contribution is 2.32. The van der Waals surface area contributed by atoms with Crippen molar-refractivity contribution in [3.8, 4) is 0 Å². The first kappa shape index (κ1) is 16.5. The molecule has 4 rings (SSSR count). The Morgan fingerprint density at radius 3 is 2.28 bits per heavy atom. The third kappa shape index (κ3) is 3.83. The summed E-state index contributed by atoms with van der Waals surface area (Å²) >= 11 is 5.42. The number of benzene rings is 3. The van der Waals surface area contributed by atoms with Crippen molar-refractivity contribution < 1.29 is 0 Å². The van der Waals surface area contributed by atoms with Crippen molar-refractivity contribution >= 4 is 38.6 Å². The highest BCUT2D eigenvalue weighted by atomic mass is 79.9. The van der Waals surface area contributed by atoms with Crippen LogP contribution in [0.25, 0.3) is 10.9 Å². The zero-order chi connectivity index (χ0) is 17.1. The zero-order valence-electron chi connectivity index (χ0n) is 13.7. The monoisotopic (exact) mass is 407 g/mol. The van der Waals surface area contributed by atoms with E-state index >= 15 is 0 Å². The van der Waals surface area contributed by atoms with Gasteiger partial charge >= 0.3 is 0 Å². The van der Waals surface area contributed by atoms with Crippen molar-refractivity contribution in [1.29, 1.82) is 0 Å². The van der Waals surface area contributed by atoms with Crippen molar-refractivity contribution in [1.82, 2.24) is 4.57 Å². The molecule has 0 saturated heterocycles. The second kappa shape index (κ2) is 7.51. The lowest BCUT2D eigenvalue weighted by Crippen LogP contribution is -1.97. The van der Waals surface area contributed by atoms with E-state index in [0.717, 1.165) is 16.8 Å². The normalized spacial score (nSPS) is 11.1. The summed E-state index contributed by atoms with van der Waals surface area (Å²) in [7, 11) is 0. The summed E-state index contributed by atoms with van der Waals surface area (Å²) in [6.45, 7) is 0.889. The molecule has 0 spiro atoms. The second-order valence-electron chi connectivity index (χ2n) is 6.04. The van der Waals surface area contributed by atoms with Gasteiger partial charge in [0.05, 0.1) is 0 Å². The van der Waals surface area contributed by atoms with Gasteiger partial charge in [0.1, 0.15) is 0 Å². The summed E-state index contributed by atoms with van der Waals surface area (Å²) < 4.78 is 3.47. The fourth-order valence-corrected chi connectivity index (χ4v) is 4.29. The van der Waals surface area contributed by atoms with Gasteiger partial charge in [-0.15, -0.1) is 11.8 Å². The lowest BCUT2D eigenvalue weighted by molar-refractivity contribution is 0.830. The summed E-state index contributed by atoms with van der Waals surface area (Å²) in [5, 5.41) is 1.33. The van der Waals surface area contributed by atoms with E-state index < -0.39 is 0 Å². The van der Waals surface area contributed by atoms with Gasteiger partial charge in [-0.25, -0.2) is 0 Å². The molecule has 3 aromatic carbocycles. The highest BCUT2D eigenvalue weighted by Gasteiger charge is 2.09. The summed E-state index contributed by atoms with van der Waals surface area (Å²) in [4.78, 5) is 1.34. The molecule has 0 saturated carbocycles. The lowest BCUT2D eigenvalue weighted by Gasteiger charge is -2.05. The maximum absolute atomic E-state index is 3.51. The molecule has 0 radical (unpaired) electrons. The van der Waals surface area contributed by atoms with Crippen LogP contribution in [0.2, 0.25) is 0 Å². The van der Waals surface area contributed by atoms with Crippen LogP contribution in [0.4, 0.5) is 0 Å². The number of hydrogen-bond acceptors (Lipinski definition) is 1. The van der Waals surface area contributed by atoms with Gasteiger partial charge in [-0.05, 0) is 29.3 Å². The standard InChI is InChI=1S/C22H18BrNS/c23-19-12-10-17(11-13-19)14-24-15-22(20-8-4-5-9-21(20)24)25-16-18-6-2-1-3-7-18/h1-13,15H,14,16H2. The number of nitrogens with zero attached hydrogens (tertiary/aromatic N) is 1. The predicted octanol–water partition coefficient (Wildman–Crippen LogP) is 6.74. The molecular formula is C22H18BrNS. The molecular weight excluding hydrogens is 390 g/mol. The fraction of sp³-hybridized carbons (Fsp3) is 0.0909. The molecule has 4 aromatic rings. The Labute approximate surface area is 160 Å². The van der Waals surface area contributed by atoms with Crippen molar-refractivity contribution in [3.63, 3.8) is 0 Å². The minimum Gasteiger partial charge on any atom is -0.342 e. The minimum atomic E-state index is 0.889. The van der Waals surface area contributed by atoms with Gasteiger partial charge in [-0.3, -0.25) is 0 Å². The van der Waals surface area contributed by atoms with E-state index in [-0.39, 0.29) is 0 Å². The molecule has 0 fully saturated rings. The molecule has 1 heterocycles. The van der Waals surface area contributed by atoms with Crippen LogP contribution in [0.5, 0.6) is 0 Å². The molecule has 0 aliphatic heterocycles. The fourth-order valence-electron chi connectivity index (χ4n) is 2.98. The molecule has 0 bridgehead atoms. The maximum Gasteiger partial charge on any atom is 0.0495 e. The van der Waals surface area contributed by atoms with Gasteiger partial charge in [0.15, 0.2) is 0 Å². The SMILES string of the molecule is Brc1ccc(Cn2cc(SCc3ccccc3)c3ccccc32)cc1. The topological polar surface area (TPSA) is 4.93 Å². The molecule has 25 heavy (non-hydrogen) atoms. The van der Waals surface area contributed by atoms with Gasteiger partial charge in [-0.1, -0.05) is 76.6 Å². The van der Waals surface area contributed by atoms with E-state index in [1.165, 1.54) is 26.9 Å². The summed E-state index contributed by atoms with van der Waals surface area (Å²) in [6, 6.07) is 27.9. The smallest absolute Gasteiger partial charge is 0.0495 e. The molecule has 124 valence electrons. The summed E-state index contributed by atoms with van der Waals surface area (Å²) in [5.41, 5.74) is 3.96. The van der Waals surface area contributed by atoms with E-state index in [2.05, 4.69) is 106 Å². The van der Waals surface area contributed by atoms with E-state index in [4.69, 9.17) is 0 Å². The second-order valence-corrected chi connectivity index (χ2v) is 7.97. The molecule has 0 atom stereocenters. The molecule has 0 amide bonds. The summed E-state index contributed by atoms with van der Waals surface area (Å²) in [6.07, 6.45) is 2.29. The van der Waals surface area contributed by atoms with Gasteiger partial charge < -0.3 is 4.57 Å². The van der Waals surface area contributed by atoms with E-state index in [1.54, 1.807) is 0 Å². The third-order valence-corrected chi connectivity index (χ3v) is 5.90. The number of halogens is 1. The van der Waals surface area contributed by atoms with Crippen LogP contribution in [0.1, 0.15) is 11.1 Å². The molecule has 0 N–H and O–H groups in total. The van der Waals surface area contributed by atoms with Crippen molar-refractivity contribution in [2.45, 2.75) is 17.2 Å². The Bertz CT molecular complexity index is 974. The van der Waals surface area contributed by atoms with E-state index in [0.29, 0.717) is 0 Å². The van der Waals surface area contributed by atoms with Crippen molar-refractivity contribution in [2.24, 2.45) is 0 Å².